The lowest BCUT2D eigenvalue weighted by molar-refractivity contribution is 0.0694. The van der Waals surface area contributed by atoms with Gasteiger partial charge in [0.15, 0.2) is 0 Å². The van der Waals surface area contributed by atoms with Crippen LogP contribution in [0.2, 0.25) is 0 Å². The van der Waals surface area contributed by atoms with Gasteiger partial charge in [-0.05, 0) is 18.2 Å². The van der Waals surface area contributed by atoms with E-state index in [1.807, 2.05) is 0 Å². The number of hydrogen-bond acceptors (Lipinski definition) is 6. The number of azo groups is 1. The summed E-state index contributed by atoms with van der Waals surface area (Å²) in [6, 6.07) is 3.87. The van der Waals surface area contributed by atoms with Crippen molar-refractivity contribution in [3.8, 4) is 5.75 Å². The number of nitrogens with zero attached hydrogens (tertiary/aromatic N) is 4. The predicted octanol–water partition coefficient (Wildman–Crippen LogP) is 1.62. The van der Waals surface area contributed by atoms with Gasteiger partial charge >= 0.3 is 5.97 Å². The fourth-order valence-electron chi connectivity index (χ4n) is 1.11. The first-order valence-electron chi connectivity index (χ1n) is 4.50. The Bertz CT molecular complexity index is 564. The molecule has 0 amide bonds. The summed E-state index contributed by atoms with van der Waals surface area (Å²) in [5.74, 6) is -1.36. The first kappa shape index (κ1) is 10.7. The molecule has 3 N–H and O–H groups in total. The van der Waals surface area contributed by atoms with Gasteiger partial charge in [-0.15, -0.1) is 10.2 Å². The van der Waals surface area contributed by atoms with Crippen LogP contribution in [-0.4, -0.2) is 31.4 Å². The molecule has 0 aliphatic heterocycles. The van der Waals surface area contributed by atoms with Crippen LogP contribution < -0.4 is 0 Å². The Morgan fingerprint density at radius 1 is 1.35 bits per heavy atom. The second kappa shape index (κ2) is 4.39. The second-order valence-corrected chi connectivity index (χ2v) is 3.02. The SMILES string of the molecule is O=C(O)c1cc(N=Nc2ncn[nH]2)ccc1O. The average molecular weight is 233 g/mol. The number of phenols is 1. The molecule has 0 spiro atoms. The van der Waals surface area contributed by atoms with Crippen molar-refractivity contribution >= 4 is 17.6 Å². The minimum absolute atomic E-state index is 0.204. The molecule has 0 aliphatic rings. The van der Waals surface area contributed by atoms with Crippen molar-refractivity contribution in [2.75, 3.05) is 0 Å². The summed E-state index contributed by atoms with van der Waals surface area (Å²) < 4.78 is 0. The number of carboxylic acids is 1. The van der Waals surface area contributed by atoms with Crippen LogP contribution in [0.25, 0.3) is 0 Å². The highest BCUT2D eigenvalue weighted by Crippen LogP contribution is 2.24. The van der Waals surface area contributed by atoms with Crippen LogP contribution in [-0.2, 0) is 0 Å². The van der Waals surface area contributed by atoms with E-state index in [1.165, 1.54) is 24.5 Å². The van der Waals surface area contributed by atoms with Gasteiger partial charge in [-0.25, -0.2) is 9.89 Å². The maximum Gasteiger partial charge on any atom is 0.339 e. The molecule has 0 aliphatic carbocycles. The van der Waals surface area contributed by atoms with Crippen LogP contribution in [0.1, 0.15) is 10.4 Å². The van der Waals surface area contributed by atoms with Crippen molar-refractivity contribution in [3.05, 3.63) is 30.1 Å². The topological polar surface area (TPSA) is 124 Å². The number of carboxylic acid groups (broad SMARTS) is 1. The summed E-state index contributed by atoms with van der Waals surface area (Å²) in [7, 11) is 0. The monoisotopic (exact) mass is 233 g/mol. The molecule has 8 nitrogen and oxygen atoms in total. The lowest BCUT2D eigenvalue weighted by atomic mass is 10.2. The van der Waals surface area contributed by atoms with Crippen LogP contribution in [0.3, 0.4) is 0 Å². The van der Waals surface area contributed by atoms with Gasteiger partial charge in [-0.3, -0.25) is 0 Å². The molecule has 1 aromatic carbocycles. The standard InChI is InChI=1S/C9H7N5O3/c15-7-2-1-5(3-6(7)8(16)17)12-14-9-10-4-11-13-9/h1-4,15H,(H,16,17)(H,10,11,13). The largest absolute Gasteiger partial charge is 0.507 e. The summed E-state index contributed by atoms with van der Waals surface area (Å²) in [6.45, 7) is 0. The molecule has 0 saturated heterocycles. The highest BCUT2D eigenvalue weighted by atomic mass is 16.4. The summed E-state index contributed by atoms with van der Waals surface area (Å²) in [6.07, 6.45) is 1.27. The van der Waals surface area contributed by atoms with Crippen LogP contribution >= 0.6 is 0 Å². The number of H-pyrrole nitrogens is 1. The van der Waals surface area contributed by atoms with Gasteiger partial charge in [0, 0.05) is 0 Å². The highest BCUT2D eigenvalue weighted by Gasteiger charge is 2.09. The lowest BCUT2D eigenvalue weighted by Crippen LogP contribution is -1.95. The van der Waals surface area contributed by atoms with Gasteiger partial charge in [0.1, 0.15) is 17.6 Å². The molecule has 0 saturated carbocycles. The van der Waals surface area contributed by atoms with Gasteiger partial charge in [0.25, 0.3) is 5.95 Å². The Hall–Kier alpha value is -2.77. The van der Waals surface area contributed by atoms with E-state index in [0.29, 0.717) is 0 Å². The summed E-state index contributed by atoms with van der Waals surface area (Å²) in [4.78, 5) is 14.5. The molecule has 0 bridgehead atoms. The Balaban J connectivity index is 2.28. The first-order chi connectivity index (χ1) is 8.16. The van der Waals surface area contributed by atoms with E-state index in [0.717, 1.165) is 0 Å². The molecule has 1 heterocycles. The van der Waals surface area contributed by atoms with E-state index in [2.05, 4.69) is 25.4 Å². The van der Waals surface area contributed by atoms with Crippen LogP contribution in [0.15, 0.2) is 34.8 Å². The molecule has 2 aromatic rings. The zero-order valence-corrected chi connectivity index (χ0v) is 8.40. The molecule has 2 rings (SSSR count). The second-order valence-electron chi connectivity index (χ2n) is 3.02. The van der Waals surface area contributed by atoms with Crippen LogP contribution in [0.4, 0.5) is 11.6 Å². The molecule has 86 valence electrons. The predicted molar refractivity (Wildman–Crippen MR) is 55.6 cm³/mol. The van der Waals surface area contributed by atoms with Crippen molar-refractivity contribution in [3.63, 3.8) is 0 Å². The summed E-state index contributed by atoms with van der Waals surface area (Å²) in [5.41, 5.74) is 0.0515. The zero-order valence-electron chi connectivity index (χ0n) is 8.40. The van der Waals surface area contributed by atoms with E-state index in [9.17, 15) is 9.90 Å². The summed E-state index contributed by atoms with van der Waals surface area (Å²) >= 11 is 0. The summed E-state index contributed by atoms with van der Waals surface area (Å²) in [5, 5.41) is 31.5. The molecule has 1 aromatic heterocycles. The van der Waals surface area contributed by atoms with E-state index >= 15 is 0 Å². The highest BCUT2D eigenvalue weighted by molar-refractivity contribution is 5.91. The molecule has 0 atom stereocenters. The smallest absolute Gasteiger partial charge is 0.339 e. The first-order valence-corrected chi connectivity index (χ1v) is 4.50. The molecule has 0 unspecified atom stereocenters. The Kier molecular flexibility index (Phi) is 2.77. The average Bonchev–Trinajstić information content (AvgIpc) is 2.80. The number of aromatic carboxylic acids is 1. The maximum absolute atomic E-state index is 10.7. The minimum Gasteiger partial charge on any atom is -0.507 e. The van der Waals surface area contributed by atoms with Crippen molar-refractivity contribution in [1.29, 1.82) is 0 Å². The fraction of sp³-hybridized carbons (Fsp3) is 0. The molecule has 0 radical (unpaired) electrons. The third kappa shape index (κ3) is 2.43. The molecular formula is C9H7N5O3. The van der Waals surface area contributed by atoms with Gasteiger partial charge < -0.3 is 10.2 Å². The molecular weight excluding hydrogens is 226 g/mol. The third-order valence-corrected chi connectivity index (χ3v) is 1.87. The third-order valence-electron chi connectivity index (χ3n) is 1.87. The molecule has 0 fully saturated rings. The van der Waals surface area contributed by atoms with Gasteiger partial charge in [-0.2, -0.15) is 10.1 Å². The molecule has 8 heteroatoms. The number of rotatable bonds is 3. The van der Waals surface area contributed by atoms with Crippen molar-refractivity contribution in [2.24, 2.45) is 10.2 Å². The van der Waals surface area contributed by atoms with E-state index in [-0.39, 0.29) is 22.9 Å². The Labute approximate surface area is 94.7 Å². The minimum atomic E-state index is -1.24. The zero-order chi connectivity index (χ0) is 12.3. The number of nitrogens with one attached hydrogen (secondary N) is 1. The number of aromatic hydroxyl groups is 1. The quantitative estimate of drug-likeness (QED) is 0.695. The maximum atomic E-state index is 10.7. The number of aromatic amines is 1. The normalized spacial score (nSPS) is 10.8. The van der Waals surface area contributed by atoms with E-state index in [4.69, 9.17) is 5.11 Å². The van der Waals surface area contributed by atoms with E-state index < -0.39 is 5.97 Å². The van der Waals surface area contributed by atoms with Gasteiger partial charge in [-0.1, -0.05) is 0 Å². The Morgan fingerprint density at radius 2 is 2.18 bits per heavy atom. The van der Waals surface area contributed by atoms with Gasteiger partial charge in [0.05, 0.1) is 5.69 Å². The lowest BCUT2D eigenvalue weighted by Gasteiger charge is -1.99. The number of aromatic nitrogens is 3. The fourth-order valence-corrected chi connectivity index (χ4v) is 1.11. The van der Waals surface area contributed by atoms with Crippen LogP contribution in [0.5, 0.6) is 5.75 Å². The Morgan fingerprint density at radius 3 is 2.82 bits per heavy atom. The van der Waals surface area contributed by atoms with E-state index in [1.54, 1.807) is 0 Å². The van der Waals surface area contributed by atoms with Crippen molar-refractivity contribution in [2.45, 2.75) is 0 Å². The van der Waals surface area contributed by atoms with Crippen LogP contribution in [0, 0.1) is 0 Å². The number of hydrogen-bond donors (Lipinski definition) is 3. The number of benzene rings is 1. The number of carbonyl (C=O) groups is 1. The van der Waals surface area contributed by atoms with Crippen molar-refractivity contribution < 1.29 is 15.0 Å². The molecule has 17 heavy (non-hydrogen) atoms. The van der Waals surface area contributed by atoms with Gasteiger partial charge in [0.2, 0.25) is 0 Å². The van der Waals surface area contributed by atoms with Crippen molar-refractivity contribution in [1.82, 2.24) is 15.2 Å².